The summed E-state index contributed by atoms with van der Waals surface area (Å²) in [6.45, 7) is -0.885. The molecule has 9 aromatic heterocycles. The fraction of sp³-hybridized carbons (Fsp3) is 0.241. The molecule has 0 fully saturated rings. The van der Waals surface area contributed by atoms with Crippen LogP contribution in [-0.4, -0.2) is 200 Å². The molecule has 2 N–H and O–H groups in total. The van der Waals surface area contributed by atoms with Gasteiger partial charge in [0.1, 0.15) is 64.4 Å². The van der Waals surface area contributed by atoms with Gasteiger partial charge in [-0.05, 0) is 150 Å². The molecule has 6 aromatic carbocycles. The molecule has 0 bridgehead atoms. The Morgan fingerprint density at radius 3 is 1.09 bits per heavy atom. The molecule has 0 atom stereocenters. The van der Waals surface area contributed by atoms with E-state index < -0.39 is 88.3 Å². The van der Waals surface area contributed by atoms with E-state index in [1.807, 2.05) is 28.8 Å². The number of carbonyl (C=O) groups is 2. The van der Waals surface area contributed by atoms with Gasteiger partial charge in [-0.15, -0.1) is 40.8 Å². The summed E-state index contributed by atoms with van der Waals surface area (Å²) in [7, 11) is 18.0. The van der Waals surface area contributed by atoms with Gasteiger partial charge in [-0.25, -0.2) is 68.5 Å². The SMILES string of the molecule is COCC(=O)Cc1ccc(-n2nc3c(c2CN(C)C)c(=O)n(-c2ccc(OC)nn2)c(=O)n3Cc2c(F)cccc2F)cc1.COCC(=O)Cc1ccc(-n2nc3c(c2CN(C)C)c(=O)n(-c2ccc(OC)nn2)c(=O)n3Cc2c(F)cccc2F)cc1.COc1ccc(-n2c(=O)c3c(CN(C)C)c(-c4ccc(N)cc4)cn3n(Cc3c(F)cccc3F)c2=O)nn1. The normalized spacial score (nSPS) is 11.4. The number of rotatable bonds is 29. The Morgan fingerprint density at radius 1 is 0.402 bits per heavy atom. The highest BCUT2D eigenvalue weighted by Gasteiger charge is 2.31. The number of fused-ring (bicyclic) bond motifs is 3. The number of carbonyl (C=O) groups excluding carboxylic acids is 2. The van der Waals surface area contributed by atoms with Crippen molar-refractivity contribution in [3.63, 3.8) is 0 Å². The van der Waals surface area contributed by atoms with Gasteiger partial charge in [0.15, 0.2) is 40.3 Å². The first-order valence-corrected chi connectivity index (χ1v) is 38.8. The fourth-order valence-corrected chi connectivity index (χ4v) is 14.1. The molecule has 0 spiro atoms. The van der Waals surface area contributed by atoms with Gasteiger partial charge >= 0.3 is 17.1 Å². The van der Waals surface area contributed by atoms with Crippen LogP contribution in [0.15, 0.2) is 199 Å². The number of benzene rings is 6. The molecule has 0 radical (unpaired) electrons. The molecule has 0 aliphatic rings. The zero-order valence-corrected chi connectivity index (χ0v) is 70.3. The monoisotopic (exact) mass is 1740 g/mol. The number of hydrogen-bond acceptors (Lipinski definition) is 25. The summed E-state index contributed by atoms with van der Waals surface area (Å²) in [5.41, 5.74) is 5.91. The molecular formula is C87H83F6N21O13. The number of anilines is 1. The second-order valence-electron chi connectivity index (χ2n) is 29.7. The Morgan fingerprint density at radius 2 is 0.756 bits per heavy atom. The summed E-state index contributed by atoms with van der Waals surface area (Å²) in [4.78, 5) is 114. The minimum absolute atomic E-state index is 0.00966. The second kappa shape index (κ2) is 38.8. The molecular weight excluding hydrogens is 1660 g/mol. The number of ether oxygens (including phenoxy) is 5. The van der Waals surface area contributed by atoms with Crippen LogP contribution in [0.2, 0.25) is 0 Å². The molecule has 15 aromatic rings. The number of ketones is 2. The summed E-state index contributed by atoms with van der Waals surface area (Å²) in [5, 5.41) is 33.0. The minimum Gasteiger partial charge on any atom is -0.480 e. The topological polar surface area (TPSA) is 365 Å². The first kappa shape index (κ1) is 89.7. The Bertz CT molecular complexity index is 6670. The molecule has 127 heavy (non-hydrogen) atoms. The predicted molar refractivity (Wildman–Crippen MR) is 455 cm³/mol. The maximum atomic E-state index is 14.8. The number of methoxy groups -OCH3 is 5. The van der Waals surface area contributed by atoms with E-state index in [1.165, 1.54) is 104 Å². The molecule has 656 valence electrons. The lowest BCUT2D eigenvalue weighted by molar-refractivity contribution is -0.122. The number of nitrogens with two attached hydrogens (primary N) is 1. The highest BCUT2D eigenvalue weighted by Crippen LogP contribution is 2.32. The number of nitrogens with zero attached hydrogens (tertiary/aromatic N) is 20. The van der Waals surface area contributed by atoms with E-state index in [1.54, 1.807) is 107 Å². The summed E-state index contributed by atoms with van der Waals surface area (Å²) in [6.07, 6.45) is 1.95. The standard InChI is InChI=1S/2C30H29F2N7O5.C27H25F2N7O3/c2*1-36(2)16-24-27-28(35-39(24)19-10-8-18(9-11-19)14-20(40)17-43-3)37(15-21-22(31)6-5-7-23(21)32)30(42)38(29(27)41)25-12-13-26(44-4)34-33-25;1-33(2)13-19-18(16-7-9-17(30)10-8-16)14-34-25(19)26(37)36(23-11-12-24(39-3)32-31-23)27(38)35(34)15-20-21(28)5-4-6-22(20)29/h2*5-13H,14-17H2,1-4H3;4-12,14H,13,15,30H2,1-3H3. The number of aromatic nitrogens is 17. The van der Waals surface area contributed by atoms with Crippen molar-refractivity contribution in [2.75, 3.05) is 96.8 Å². The number of halogens is 6. The van der Waals surface area contributed by atoms with E-state index in [9.17, 15) is 64.7 Å². The van der Waals surface area contributed by atoms with E-state index in [-0.39, 0.29) is 130 Å². The van der Waals surface area contributed by atoms with Gasteiger partial charge in [-0.3, -0.25) is 37.6 Å². The Labute approximate surface area is 716 Å². The van der Waals surface area contributed by atoms with Crippen LogP contribution >= 0.6 is 0 Å². The third kappa shape index (κ3) is 19.1. The highest BCUT2D eigenvalue weighted by atomic mass is 19.2. The van der Waals surface area contributed by atoms with Gasteiger partial charge in [0.2, 0.25) is 17.6 Å². The largest absolute Gasteiger partial charge is 0.480 e. The van der Waals surface area contributed by atoms with Crippen molar-refractivity contribution >= 4 is 44.8 Å². The molecule has 40 heteroatoms. The number of Topliss-reactive ketones (excluding diaryl/α,β-unsaturated/α-hetero) is 2. The molecule has 0 amide bonds. The summed E-state index contributed by atoms with van der Waals surface area (Å²) < 4.78 is 124. The zero-order valence-electron chi connectivity index (χ0n) is 70.3. The fourth-order valence-electron chi connectivity index (χ4n) is 14.1. The molecule has 0 aliphatic carbocycles. The molecule has 15 rings (SSSR count). The predicted octanol–water partition coefficient (Wildman–Crippen LogP) is 7.25. The Kier molecular flexibility index (Phi) is 27.4. The van der Waals surface area contributed by atoms with Crippen LogP contribution in [0.5, 0.6) is 17.6 Å². The van der Waals surface area contributed by atoms with E-state index in [0.717, 1.165) is 80.6 Å². The van der Waals surface area contributed by atoms with Gasteiger partial charge < -0.3 is 44.1 Å². The summed E-state index contributed by atoms with van der Waals surface area (Å²) >= 11 is 0. The lowest BCUT2D eigenvalue weighted by Gasteiger charge is -2.15. The van der Waals surface area contributed by atoms with Crippen molar-refractivity contribution in [2.24, 2.45) is 0 Å². The van der Waals surface area contributed by atoms with Crippen molar-refractivity contribution in [3.05, 3.63) is 312 Å². The highest BCUT2D eigenvalue weighted by molar-refractivity contribution is 5.84. The average molecular weight is 1740 g/mol. The van der Waals surface area contributed by atoms with Crippen LogP contribution in [0.1, 0.15) is 44.8 Å². The number of hydrogen-bond donors (Lipinski definition) is 1. The first-order valence-electron chi connectivity index (χ1n) is 38.8. The van der Waals surface area contributed by atoms with Crippen LogP contribution < -0.4 is 53.7 Å². The molecule has 0 unspecified atom stereocenters. The van der Waals surface area contributed by atoms with Crippen LogP contribution in [0.3, 0.4) is 0 Å². The Balaban J connectivity index is 0.000000163. The van der Waals surface area contributed by atoms with Crippen LogP contribution in [-0.2, 0) is 71.2 Å². The lowest BCUT2D eigenvalue weighted by atomic mass is 10.0. The number of nitrogen functional groups attached to an aromatic ring is 1. The van der Waals surface area contributed by atoms with Gasteiger partial charge in [-0.2, -0.15) is 0 Å². The zero-order chi connectivity index (χ0) is 90.9. The van der Waals surface area contributed by atoms with Gasteiger partial charge in [-0.1, -0.05) is 54.6 Å². The van der Waals surface area contributed by atoms with Crippen molar-refractivity contribution in [1.82, 2.24) is 96.9 Å². The second-order valence-corrected chi connectivity index (χ2v) is 29.7. The molecule has 0 saturated heterocycles. The van der Waals surface area contributed by atoms with Crippen molar-refractivity contribution in [3.8, 4) is 57.6 Å². The Hall–Kier alpha value is -15.0. The third-order valence-corrected chi connectivity index (χ3v) is 20.0. The maximum Gasteiger partial charge on any atom is 0.352 e. The molecule has 0 saturated carbocycles. The van der Waals surface area contributed by atoms with Crippen LogP contribution in [0.4, 0.5) is 32.0 Å². The van der Waals surface area contributed by atoms with Crippen molar-refractivity contribution < 1.29 is 59.6 Å². The van der Waals surface area contributed by atoms with Crippen LogP contribution in [0, 0.1) is 34.9 Å². The lowest BCUT2D eigenvalue weighted by Crippen LogP contribution is -2.43. The van der Waals surface area contributed by atoms with Gasteiger partial charge in [0.25, 0.3) is 16.7 Å². The quantitative estimate of drug-likeness (QED) is 0.0356. The van der Waals surface area contributed by atoms with E-state index in [4.69, 9.17) is 29.4 Å². The minimum atomic E-state index is -0.919. The average Bonchev–Trinajstić information content (AvgIpc) is 1.60. The molecule has 0 aliphatic heterocycles. The third-order valence-electron chi connectivity index (χ3n) is 20.0. The summed E-state index contributed by atoms with van der Waals surface area (Å²) in [6, 6.07) is 39.7. The van der Waals surface area contributed by atoms with Crippen molar-refractivity contribution in [2.45, 2.75) is 52.1 Å². The van der Waals surface area contributed by atoms with Crippen LogP contribution in [0.25, 0.3) is 67.5 Å². The van der Waals surface area contributed by atoms with E-state index in [2.05, 4.69) is 40.8 Å². The van der Waals surface area contributed by atoms with E-state index in [0.29, 0.717) is 46.1 Å². The van der Waals surface area contributed by atoms with Crippen molar-refractivity contribution in [1.29, 1.82) is 0 Å². The molecule has 9 heterocycles. The van der Waals surface area contributed by atoms with Gasteiger partial charge in [0.05, 0.1) is 63.7 Å². The smallest absolute Gasteiger partial charge is 0.352 e. The van der Waals surface area contributed by atoms with E-state index >= 15 is 0 Å². The van der Waals surface area contributed by atoms with Gasteiger partial charge in [0, 0.05) is 105 Å². The first-order chi connectivity index (χ1) is 60.9. The summed E-state index contributed by atoms with van der Waals surface area (Å²) in [5.74, 6) is -5.07. The molecule has 34 nitrogen and oxygen atoms in total. The maximum absolute atomic E-state index is 14.8.